The highest BCUT2D eigenvalue weighted by Gasteiger charge is 2.19. The second-order valence-electron chi connectivity index (χ2n) is 5.24. The van der Waals surface area contributed by atoms with Gasteiger partial charge in [0, 0.05) is 14.7 Å². The average molecular weight is 310 g/mol. The lowest BCUT2D eigenvalue weighted by atomic mass is 10.4. The fraction of sp³-hybridized carbons (Fsp3) is 0.545. The van der Waals surface area contributed by atoms with Gasteiger partial charge in [0.1, 0.15) is 17.6 Å². The molecule has 0 aliphatic heterocycles. The summed E-state index contributed by atoms with van der Waals surface area (Å²) in [6.45, 7) is 7.45. The van der Waals surface area contributed by atoms with Crippen LogP contribution in [0.5, 0.6) is 0 Å². The minimum absolute atomic E-state index is 0.0327. The third-order valence-electron chi connectivity index (χ3n) is 2.42. The van der Waals surface area contributed by atoms with Gasteiger partial charge in [-0.3, -0.25) is 0 Å². The third kappa shape index (κ3) is 4.31. The van der Waals surface area contributed by atoms with Gasteiger partial charge >= 0.3 is 5.97 Å². The Morgan fingerprint density at radius 3 is 2.56 bits per heavy atom. The van der Waals surface area contributed by atoms with E-state index in [0.717, 1.165) is 6.04 Å². The molecule has 1 rings (SSSR count). The number of nitrogens with zero attached hydrogens (tertiary/aromatic N) is 1. The van der Waals surface area contributed by atoms with Gasteiger partial charge in [0.05, 0.1) is 5.02 Å². The topological polar surface area (TPSA) is 51.5 Å². The van der Waals surface area contributed by atoms with Gasteiger partial charge in [-0.05, 0) is 12.1 Å². The van der Waals surface area contributed by atoms with E-state index < -0.39 is 14.0 Å². The van der Waals surface area contributed by atoms with E-state index in [9.17, 15) is 4.79 Å². The number of aromatic carboxylic acids is 1. The average Bonchev–Trinajstić information content (AvgIpc) is 2.46. The number of hydrogen-bond acceptors (Lipinski definition) is 2. The molecule has 0 aliphatic carbocycles. The van der Waals surface area contributed by atoms with Crippen LogP contribution < -0.4 is 0 Å². The number of halogens is 2. The van der Waals surface area contributed by atoms with Crippen LogP contribution in [0.4, 0.5) is 0 Å². The van der Waals surface area contributed by atoms with E-state index in [2.05, 4.69) is 19.6 Å². The summed E-state index contributed by atoms with van der Waals surface area (Å²) in [6, 6.07) is 2.43. The molecule has 102 valence electrons. The van der Waals surface area contributed by atoms with Gasteiger partial charge in [-0.25, -0.2) is 4.79 Å². The van der Waals surface area contributed by atoms with Crippen LogP contribution in [0.25, 0.3) is 0 Å². The zero-order chi connectivity index (χ0) is 13.9. The quantitative estimate of drug-likeness (QED) is 0.642. The van der Waals surface area contributed by atoms with E-state index in [-0.39, 0.29) is 22.6 Å². The summed E-state index contributed by atoms with van der Waals surface area (Å²) in [7, 11) is -1.15. The van der Waals surface area contributed by atoms with Crippen molar-refractivity contribution in [2.24, 2.45) is 0 Å². The van der Waals surface area contributed by atoms with Crippen LogP contribution in [0.2, 0.25) is 35.9 Å². The molecule has 18 heavy (non-hydrogen) atoms. The van der Waals surface area contributed by atoms with E-state index in [4.69, 9.17) is 33.0 Å². The number of carbonyl (C=O) groups is 1. The first-order valence-electron chi connectivity index (χ1n) is 5.58. The largest absolute Gasteiger partial charge is 0.477 e. The molecule has 7 heteroatoms. The Hall–Kier alpha value is -0.493. The van der Waals surface area contributed by atoms with Crippen LogP contribution in [0.15, 0.2) is 6.07 Å². The Labute approximate surface area is 117 Å². The molecule has 0 saturated heterocycles. The predicted octanol–water partition coefficient (Wildman–Crippen LogP) is 3.81. The molecule has 0 saturated carbocycles. The van der Waals surface area contributed by atoms with Crippen LogP contribution in [0.3, 0.4) is 0 Å². The van der Waals surface area contributed by atoms with Crippen molar-refractivity contribution in [1.29, 1.82) is 0 Å². The molecule has 0 aliphatic rings. The van der Waals surface area contributed by atoms with Crippen molar-refractivity contribution in [2.75, 3.05) is 6.61 Å². The second-order valence-corrected chi connectivity index (χ2v) is 11.7. The molecule has 0 bridgehead atoms. The standard InChI is InChI=1S/C11H17Cl2NO3Si/c1-18(2,3)5-4-17-7-14-9(13)6-8(12)10(14)11(15)16/h6H,4-5,7H2,1-3H3,(H,15,16). The second kappa shape index (κ2) is 6.10. The first kappa shape index (κ1) is 15.6. The van der Waals surface area contributed by atoms with Gasteiger partial charge < -0.3 is 14.4 Å². The lowest BCUT2D eigenvalue weighted by Gasteiger charge is -2.16. The third-order valence-corrected chi connectivity index (χ3v) is 4.72. The normalized spacial score (nSPS) is 11.8. The van der Waals surface area contributed by atoms with Crippen molar-refractivity contribution in [3.8, 4) is 0 Å². The van der Waals surface area contributed by atoms with E-state index in [1.54, 1.807) is 0 Å². The zero-order valence-corrected chi connectivity index (χ0v) is 13.2. The maximum absolute atomic E-state index is 11.0. The Bertz CT molecular complexity index is 440. The van der Waals surface area contributed by atoms with Gasteiger partial charge in [0.25, 0.3) is 0 Å². The molecule has 0 unspecified atom stereocenters. The lowest BCUT2D eigenvalue weighted by molar-refractivity contribution is 0.0623. The van der Waals surface area contributed by atoms with Crippen molar-refractivity contribution >= 4 is 37.2 Å². The Morgan fingerprint density at radius 1 is 1.44 bits per heavy atom. The van der Waals surface area contributed by atoms with Gasteiger partial charge in [0.15, 0.2) is 0 Å². The van der Waals surface area contributed by atoms with Crippen molar-refractivity contribution < 1.29 is 14.6 Å². The smallest absolute Gasteiger partial charge is 0.354 e. The van der Waals surface area contributed by atoms with E-state index in [0.29, 0.717) is 6.61 Å². The van der Waals surface area contributed by atoms with E-state index in [1.165, 1.54) is 10.6 Å². The Balaban J connectivity index is 2.65. The fourth-order valence-corrected chi connectivity index (χ4v) is 2.71. The molecule has 1 aromatic rings. The van der Waals surface area contributed by atoms with Crippen LogP contribution in [0.1, 0.15) is 10.5 Å². The highest BCUT2D eigenvalue weighted by molar-refractivity contribution is 6.76. The minimum atomic E-state index is -1.15. The number of carboxylic acid groups (broad SMARTS) is 1. The molecule has 4 nitrogen and oxygen atoms in total. The highest BCUT2D eigenvalue weighted by atomic mass is 35.5. The van der Waals surface area contributed by atoms with Gasteiger partial charge in [-0.15, -0.1) is 0 Å². The molecule has 0 aromatic carbocycles. The number of ether oxygens (including phenoxy) is 1. The van der Waals surface area contributed by atoms with Crippen molar-refractivity contribution in [1.82, 2.24) is 4.57 Å². The summed E-state index contributed by atoms with van der Waals surface area (Å²) >= 11 is 11.7. The van der Waals surface area contributed by atoms with Crippen LogP contribution >= 0.6 is 23.2 Å². The molecule has 1 N–H and O–H groups in total. The maximum atomic E-state index is 11.0. The molecule has 0 amide bonds. The van der Waals surface area contributed by atoms with Crippen LogP contribution in [-0.2, 0) is 11.5 Å². The number of carboxylic acids is 1. The Kier molecular flexibility index (Phi) is 5.28. The molecular formula is C11H17Cl2NO3Si. The first-order valence-corrected chi connectivity index (χ1v) is 10.0. The molecule has 1 heterocycles. The fourth-order valence-electron chi connectivity index (χ4n) is 1.36. The van der Waals surface area contributed by atoms with Crippen molar-refractivity contribution in [3.05, 3.63) is 21.9 Å². The number of rotatable bonds is 6. The first-order chi connectivity index (χ1) is 8.22. The summed E-state index contributed by atoms with van der Waals surface area (Å²) in [5, 5.41) is 9.43. The maximum Gasteiger partial charge on any atom is 0.354 e. The van der Waals surface area contributed by atoms with E-state index >= 15 is 0 Å². The van der Waals surface area contributed by atoms with Gasteiger partial charge in [0.2, 0.25) is 0 Å². The lowest BCUT2D eigenvalue weighted by Crippen LogP contribution is -2.22. The number of hydrogen-bond donors (Lipinski definition) is 1. The highest BCUT2D eigenvalue weighted by Crippen LogP contribution is 2.25. The SMILES string of the molecule is C[Si](C)(C)CCOCn1c(Cl)cc(Cl)c1C(=O)O. The summed E-state index contributed by atoms with van der Waals surface area (Å²) < 4.78 is 6.83. The summed E-state index contributed by atoms with van der Waals surface area (Å²) in [6.07, 6.45) is 0. The van der Waals surface area contributed by atoms with Crippen LogP contribution in [-0.4, -0.2) is 30.3 Å². The summed E-state index contributed by atoms with van der Waals surface area (Å²) in [5.41, 5.74) is -0.0327. The zero-order valence-electron chi connectivity index (χ0n) is 10.7. The molecule has 1 aromatic heterocycles. The van der Waals surface area contributed by atoms with Gasteiger partial charge in [-0.2, -0.15) is 0 Å². The van der Waals surface area contributed by atoms with Gasteiger partial charge in [-0.1, -0.05) is 42.8 Å². The molecule has 0 spiro atoms. The molecule has 0 atom stereocenters. The molecule has 0 radical (unpaired) electrons. The molecule has 0 fully saturated rings. The van der Waals surface area contributed by atoms with Crippen molar-refractivity contribution in [3.63, 3.8) is 0 Å². The van der Waals surface area contributed by atoms with E-state index in [1.807, 2.05) is 0 Å². The molecular weight excluding hydrogens is 293 g/mol. The summed E-state index contributed by atoms with van der Waals surface area (Å²) in [4.78, 5) is 11.0. The van der Waals surface area contributed by atoms with Crippen molar-refractivity contribution in [2.45, 2.75) is 32.4 Å². The minimum Gasteiger partial charge on any atom is -0.477 e. The predicted molar refractivity (Wildman–Crippen MR) is 75.5 cm³/mol. The van der Waals surface area contributed by atoms with Crippen LogP contribution in [0, 0.1) is 0 Å². The number of aromatic nitrogens is 1. The Morgan fingerprint density at radius 2 is 2.06 bits per heavy atom. The monoisotopic (exact) mass is 309 g/mol. The summed E-state index contributed by atoms with van der Waals surface area (Å²) in [5.74, 6) is -1.11.